The van der Waals surface area contributed by atoms with E-state index in [9.17, 15) is 0 Å². The lowest BCUT2D eigenvalue weighted by atomic mass is 10.4. The van der Waals surface area contributed by atoms with Crippen molar-refractivity contribution in [1.82, 2.24) is 24.5 Å². The Hall–Kier alpha value is -1.99. The molecule has 0 aliphatic heterocycles. The van der Waals surface area contributed by atoms with Gasteiger partial charge in [0.1, 0.15) is 6.33 Å². The average Bonchev–Trinajstić information content (AvgIpc) is 3.09. The first-order valence-electron chi connectivity index (χ1n) is 5.44. The Labute approximate surface area is 118 Å². The Bertz CT molecular complexity index is 693. The first kappa shape index (κ1) is 12.1. The summed E-state index contributed by atoms with van der Waals surface area (Å²) in [5.74, 6) is 1.59. The smallest absolute Gasteiger partial charge is 0.240 e. The number of nitrogens with one attached hydrogen (secondary N) is 1. The van der Waals surface area contributed by atoms with Crippen molar-refractivity contribution in [1.29, 1.82) is 0 Å². The molecule has 3 rings (SSSR count). The largest absolute Gasteiger partial charge is 0.357 e. The summed E-state index contributed by atoms with van der Waals surface area (Å²) in [4.78, 5) is 17.9. The normalized spacial score (nSPS) is 10.6. The number of aromatic nitrogens is 5. The van der Waals surface area contributed by atoms with Crippen molar-refractivity contribution in [2.75, 3.05) is 12.4 Å². The molecular weight excluding hydrogens is 284 g/mol. The number of hydrogen-bond acceptors (Lipinski definition) is 6. The van der Waals surface area contributed by atoms with Crippen LogP contribution in [-0.4, -0.2) is 31.6 Å². The molecule has 3 aromatic rings. The van der Waals surface area contributed by atoms with E-state index in [1.807, 2.05) is 12.1 Å². The first-order valence-corrected chi connectivity index (χ1v) is 6.63. The molecule has 0 saturated heterocycles. The van der Waals surface area contributed by atoms with E-state index >= 15 is 0 Å². The number of thiophene rings is 1. The van der Waals surface area contributed by atoms with Gasteiger partial charge in [-0.25, -0.2) is 4.98 Å². The van der Waals surface area contributed by atoms with E-state index in [1.54, 1.807) is 30.3 Å². The van der Waals surface area contributed by atoms with Crippen LogP contribution in [0.25, 0.3) is 16.6 Å². The Morgan fingerprint density at radius 3 is 2.79 bits per heavy atom. The summed E-state index contributed by atoms with van der Waals surface area (Å²) in [5, 5.41) is 2.92. The minimum atomic E-state index is 0.498. The molecule has 0 spiro atoms. The number of halogens is 1. The maximum absolute atomic E-state index is 5.94. The first-order chi connectivity index (χ1) is 9.26. The molecule has 0 aromatic carbocycles. The fourth-order valence-electron chi connectivity index (χ4n) is 1.51. The molecular formula is C11H9ClN6S. The molecule has 0 amide bonds. The summed E-state index contributed by atoms with van der Waals surface area (Å²) >= 11 is 7.37. The van der Waals surface area contributed by atoms with Crippen LogP contribution in [0.4, 0.5) is 5.95 Å². The van der Waals surface area contributed by atoms with Gasteiger partial charge < -0.3 is 5.32 Å². The predicted octanol–water partition coefficient (Wildman–Crippen LogP) is 2.48. The molecule has 0 aliphatic carbocycles. The van der Waals surface area contributed by atoms with Crippen molar-refractivity contribution in [2.24, 2.45) is 0 Å². The summed E-state index contributed by atoms with van der Waals surface area (Å²) in [7, 11) is 1.76. The van der Waals surface area contributed by atoms with Crippen LogP contribution in [0, 0.1) is 0 Å². The van der Waals surface area contributed by atoms with E-state index in [0.717, 1.165) is 4.88 Å². The molecule has 8 heteroatoms. The molecule has 19 heavy (non-hydrogen) atoms. The molecule has 0 radical (unpaired) electrons. The van der Waals surface area contributed by atoms with Crippen LogP contribution < -0.4 is 5.32 Å². The molecule has 0 atom stereocenters. The van der Waals surface area contributed by atoms with Crippen molar-refractivity contribution in [3.05, 3.63) is 35.2 Å². The fraction of sp³-hybridized carbons (Fsp3) is 0.0909. The zero-order valence-corrected chi connectivity index (χ0v) is 11.5. The lowest BCUT2D eigenvalue weighted by Crippen LogP contribution is -2.06. The van der Waals surface area contributed by atoms with Gasteiger partial charge in [0, 0.05) is 19.4 Å². The van der Waals surface area contributed by atoms with Crippen LogP contribution in [0.1, 0.15) is 0 Å². The predicted molar refractivity (Wildman–Crippen MR) is 74.8 cm³/mol. The van der Waals surface area contributed by atoms with Gasteiger partial charge in [-0.1, -0.05) is 11.6 Å². The van der Waals surface area contributed by atoms with Gasteiger partial charge in [0.05, 0.1) is 9.21 Å². The summed E-state index contributed by atoms with van der Waals surface area (Å²) in [6, 6.07) is 3.71. The molecule has 3 aromatic heterocycles. The van der Waals surface area contributed by atoms with E-state index in [2.05, 4.69) is 25.3 Å². The van der Waals surface area contributed by atoms with Crippen LogP contribution in [0.15, 0.2) is 30.9 Å². The topological polar surface area (TPSA) is 68.5 Å². The molecule has 0 fully saturated rings. The quantitative estimate of drug-likeness (QED) is 0.803. The average molecular weight is 293 g/mol. The molecule has 3 heterocycles. The number of anilines is 1. The van der Waals surface area contributed by atoms with Crippen molar-refractivity contribution in [3.63, 3.8) is 0 Å². The maximum atomic E-state index is 5.94. The SMILES string of the molecule is CNc1nc(-c2ccc(Cl)s2)nc(-n2ccnc2)n1. The van der Waals surface area contributed by atoms with E-state index in [0.29, 0.717) is 22.1 Å². The summed E-state index contributed by atoms with van der Waals surface area (Å²) < 4.78 is 2.42. The number of imidazole rings is 1. The Kier molecular flexibility index (Phi) is 3.14. The highest BCUT2D eigenvalue weighted by Crippen LogP contribution is 2.29. The van der Waals surface area contributed by atoms with Crippen LogP contribution in [0.3, 0.4) is 0 Å². The van der Waals surface area contributed by atoms with E-state index in [-0.39, 0.29) is 0 Å². The van der Waals surface area contributed by atoms with E-state index < -0.39 is 0 Å². The summed E-state index contributed by atoms with van der Waals surface area (Å²) in [5.41, 5.74) is 0. The van der Waals surface area contributed by atoms with Gasteiger partial charge in [-0.05, 0) is 12.1 Å². The monoisotopic (exact) mass is 292 g/mol. The minimum absolute atomic E-state index is 0.498. The van der Waals surface area contributed by atoms with Gasteiger partial charge in [0.25, 0.3) is 0 Å². The fourth-order valence-corrected chi connectivity index (χ4v) is 2.49. The minimum Gasteiger partial charge on any atom is -0.357 e. The van der Waals surface area contributed by atoms with Crippen molar-refractivity contribution in [2.45, 2.75) is 0 Å². The van der Waals surface area contributed by atoms with Crippen molar-refractivity contribution in [3.8, 4) is 16.6 Å². The summed E-state index contributed by atoms with van der Waals surface area (Å²) in [6.45, 7) is 0. The lowest BCUT2D eigenvalue weighted by Gasteiger charge is -2.05. The van der Waals surface area contributed by atoms with E-state index in [4.69, 9.17) is 11.6 Å². The zero-order chi connectivity index (χ0) is 13.2. The van der Waals surface area contributed by atoms with Gasteiger partial charge in [-0.2, -0.15) is 15.0 Å². The third-order valence-corrected chi connectivity index (χ3v) is 3.60. The highest BCUT2D eigenvalue weighted by atomic mass is 35.5. The highest BCUT2D eigenvalue weighted by molar-refractivity contribution is 7.19. The van der Waals surface area contributed by atoms with Crippen LogP contribution >= 0.6 is 22.9 Å². The third-order valence-electron chi connectivity index (χ3n) is 2.38. The van der Waals surface area contributed by atoms with Crippen LogP contribution in [0.2, 0.25) is 4.34 Å². The lowest BCUT2D eigenvalue weighted by molar-refractivity contribution is 0.903. The molecule has 0 bridgehead atoms. The number of hydrogen-bond donors (Lipinski definition) is 1. The zero-order valence-electron chi connectivity index (χ0n) is 9.91. The van der Waals surface area contributed by atoms with Crippen LogP contribution in [0.5, 0.6) is 0 Å². The highest BCUT2D eigenvalue weighted by Gasteiger charge is 2.10. The standard InChI is InChI=1S/C11H9ClN6S/c1-13-10-15-9(7-2-3-8(12)19-7)16-11(17-10)18-5-4-14-6-18/h2-6H,1H3,(H,13,15,16,17). The molecule has 0 aliphatic rings. The molecule has 1 N–H and O–H groups in total. The van der Waals surface area contributed by atoms with Crippen molar-refractivity contribution < 1.29 is 0 Å². The Morgan fingerprint density at radius 1 is 1.26 bits per heavy atom. The number of nitrogens with zero attached hydrogens (tertiary/aromatic N) is 5. The second-order valence-corrected chi connectivity index (χ2v) is 5.32. The number of rotatable bonds is 3. The van der Waals surface area contributed by atoms with Gasteiger partial charge in [-0.3, -0.25) is 4.57 Å². The summed E-state index contributed by atoms with van der Waals surface area (Å²) in [6.07, 6.45) is 5.09. The van der Waals surface area contributed by atoms with Gasteiger partial charge >= 0.3 is 0 Å². The Morgan fingerprint density at radius 2 is 2.16 bits per heavy atom. The molecule has 0 saturated carbocycles. The Balaban J connectivity index is 2.12. The molecule has 96 valence electrons. The van der Waals surface area contributed by atoms with E-state index in [1.165, 1.54) is 11.3 Å². The second kappa shape index (κ2) is 4.94. The second-order valence-electron chi connectivity index (χ2n) is 3.61. The molecule has 0 unspecified atom stereocenters. The van der Waals surface area contributed by atoms with Gasteiger partial charge in [0.2, 0.25) is 11.9 Å². The maximum Gasteiger partial charge on any atom is 0.240 e. The third kappa shape index (κ3) is 2.42. The van der Waals surface area contributed by atoms with Gasteiger partial charge in [-0.15, -0.1) is 11.3 Å². The molecule has 6 nitrogen and oxygen atoms in total. The van der Waals surface area contributed by atoms with Crippen LogP contribution in [-0.2, 0) is 0 Å². The van der Waals surface area contributed by atoms with Gasteiger partial charge in [0.15, 0.2) is 5.82 Å². The van der Waals surface area contributed by atoms with Crippen molar-refractivity contribution >= 4 is 28.9 Å².